The van der Waals surface area contributed by atoms with Crippen molar-refractivity contribution < 1.29 is 8.42 Å². The number of aromatic nitrogens is 3. The Morgan fingerprint density at radius 1 is 0.974 bits per heavy atom. The van der Waals surface area contributed by atoms with Gasteiger partial charge in [0, 0.05) is 17.5 Å². The molecule has 11 heteroatoms. The highest BCUT2D eigenvalue weighted by Gasteiger charge is 2.20. The molecule has 1 aliphatic carbocycles. The molecular weight excluding hydrogens is 567 g/mol. The lowest BCUT2D eigenvalue weighted by Gasteiger charge is -2.16. The van der Waals surface area contributed by atoms with E-state index in [9.17, 15) is 8.42 Å². The molecule has 0 radical (unpaired) electrons. The van der Waals surface area contributed by atoms with Crippen LogP contribution >= 0.6 is 34.0 Å². The van der Waals surface area contributed by atoms with Crippen LogP contribution in [0.5, 0.6) is 0 Å². The number of fused-ring (bicyclic) bond motifs is 1. The second-order valence-electron chi connectivity index (χ2n) is 9.22. The summed E-state index contributed by atoms with van der Waals surface area (Å²) < 4.78 is 24.4. The van der Waals surface area contributed by atoms with E-state index in [1.807, 2.05) is 18.2 Å². The van der Waals surface area contributed by atoms with E-state index in [0.717, 1.165) is 44.1 Å². The summed E-state index contributed by atoms with van der Waals surface area (Å²) in [4.78, 5) is 6.09. The zero-order chi connectivity index (χ0) is 26.6. The minimum absolute atomic E-state index is 0.118. The van der Waals surface area contributed by atoms with Crippen LogP contribution in [-0.2, 0) is 23.7 Å². The first kappa shape index (κ1) is 25.9. The molecule has 0 spiro atoms. The summed E-state index contributed by atoms with van der Waals surface area (Å²) in [6.07, 6.45) is 7.16. The van der Waals surface area contributed by atoms with Crippen molar-refractivity contribution in [3.8, 4) is 9.88 Å². The fourth-order valence-corrected chi connectivity index (χ4v) is 7.54. The maximum atomic E-state index is 11.0. The number of anilines is 2. The first-order chi connectivity index (χ1) is 19.1. The summed E-state index contributed by atoms with van der Waals surface area (Å²) in [6.45, 7) is 0. The number of nitrogens with one attached hydrogen (secondary N) is 2. The molecule has 198 valence electrons. The third-order valence-electron chi connectivity index (χ3n) is 6.48. The third-order valence-corrected chi connectivity index (χ3v) is 9.70. The summed E-state index contributed by atoms with van der Waals surface area (Å²) in [5.41, 5.74) is 2.54. The van der Waals surface area contributed by atoms with Crippen LogP contribution in [0, 0.1) is 5.92 Å². The van der Waals surface area contributed by atoms with Crippen LogP contribution < -0.4 is 20.5 Å². The number of thiol groups is 1. The van der Waals surface area contributed by atoms with Gasteiger partial charge < -0.3 is 5.32 Å². The Hall–Kier alpha value is -3.38. The van der Waals surface area contributed by atoms with Gasteiger partial charge in [-0.2, -0.15) is 0 Å². The van der Waals surface area contributed by atoms with Crippen molar-refractivity contribution in [1.82, 2.24) is 15.2 Å². The highest BCUT2D eigenvalue weighted by Crippen LogP contribution is 2.33. The standard InChI is InChI=1S/C28H25N5O2S4/c34-39(35)33-22-11-8-18(9-12-22)15-23(24-17-37-27(29-24)25-6-3-13-36-25)30-28-32-31-26(38-28)16-19-7-10-20-4-1-2-5-21(20)14-19/h1-6,8-14,17,19,23,39H,7,15-16H2,(H,30,32)(H,33,34,35)/t19?,23-/m0/s1. The van der Waals surface area contributed by atoms with Gasteiger partial charge in [-0.3, -0.25) is 4.72 Å². The number of nitrogens with zero attached hydrogens (tertiary/aromatic N) is 3. The number of rotatable bonds is 10. The maximum Gasteiger partial charge on any atom is 0.222 e. The van der Waals surface area contributed by atoms with Gasteiger partial charge in [0.1, 0.15) is 10.0 Å². The fourth-order valence-electron chi connectivity index (χ4n) is 4.60. The Balaban J connectivity index is 1.21. The topological polar surface area (TPSA) is 96.9 Å². The SMILES string of the molecule is O=[SH](=O)Nc1ccc(C[C@H](Nc2nnc(CC3C=c4ccccc4=CC3)s2)c2csc(-c3cccs3)n2)cc1. The number of benzene rings is 2. The molecule has 2 atom stereocenters. The predicted octanol–water partition coefficient (Wildman–Crippen LogP) is 4.88. The Morgan fingerprint density at radius 2 is 1.82 bits per heavy atom. The van der Waals surface area contributed by atoms with Crippen molar-refractivity contribution in [2.24, 2.45) is 5.92 Å². The molecule has 1 unspecified atom stereocenters. The van der Waals surface area contributed by atoms with Crippen LogP contribution in [0.25, 0.3) is 22.0 Å². The van der Waals surface area contributed by atoms with E-state index in [1.54, 1.807) is 46.1 Å². The molecular formula is C28H25N5O2S4. The average molecular weight is 592 g/mol. The van der Waals surface area contributed by atoms with Gasteiger partial charge in [0.15, 0.2) is 0 Å². The summed E-state index contributed by atoms with van der Waals surface area (Å²) >= 11 is 4.90. The normalized spacial score (nSPS) is 15.3. The monoisotopic (exact) mass is 591 g/mol. The Bertz CT molecular complexity index is 1750. The molecule has 0 saturated heterocycles. The number of thiophene rings is 1. The van der Waals surface area contributed by atoms with E-state index < -0.39 is 10.9 Å². The summed E-state index contributed by atoms with van der Waals surface area (Å²) in [5.74, 6) is 0.403. The molecule has 39 heavy (non-hydrogen) atoms. The van der Waals surface area contributed by atoms with Gasteiger partial charge in [0.05, 0.1) is 16.6 Å². The van der Waals surface area contributed by atoms with Crippen LogP contribution in [0.2, 0.25) is 0 Å². The zero-order valence-corrected chi connectivity index (χ0v) is 24.0. The first-order valence-electron chi connectivity index (χ1n) is 12.4. The summed E-state index contributed by atoms with van der Waals surface area (Å²) in [7, 11) is -2.69. The van der Waals surface area contributed by atoms with E-state index in [0.29, 0.717) is 18.0 Å². The summed E-state index contributed by atoms with van der Waals surface area (Å²) in [5, 5.41) is 22.0. The summed E-state index contributed by atoms with van der Waals surface area (Å²) in [6, 6.07) is 19.9. The van der Waals surface area contributed by atoms with Gasteiger partial charge >= 0.3 is 0 Å². The molecule has 0 bridgehead atoms. The number of thiazole rings is 1. The Kier molecular flexibility index (Phi) is 7.82. The van der Waals surface area contributed by atoms with Crippen molar-refractivity contribution in [2.45, 2.75) is 25.3 Å². The third kappa shape index (κ3) is 6.44. The maximum absolute atomic E-state index is 11.0. The molecule has 7 nitrogen and oxygen atoms in total. The van der Waals surface area contributed by atoms with Crippen molar-refractivity contribution in [1.29, 1.82) is 0 Å². The number of hydrogen-bond acceptors (Lipinski definition) is 9. The Labute approximate surface area is 239 Å². The van der Waals surface area contributed by atoms with Crippen molar-refractivity contribution >= 4 is 67.9 Å². The smallest absolute Gasteiger partial charge is 0.222 e. The molecule has 0 saturated carbocycles. The van der Waals surface area contributed by atoms with E-state index in [2.05, 4.69) is 73.5 Å². The lowest BCUT2D eigenvalue weighted by Crippen LogP contribution is -2.28. The van der Waals surface area contributed by atoms with Crippen LogP contribution in [0.1, 0.15) is 28.7 Å². The molecule has 0 fully saturated rings. The second-order valence-corrected chi connectivity index (χ2v) is 12.8. The van der Waals surface area contributed by atoms with Crippen molar-refractivity contribution in [3.05, 3.63) is 98.1 Å². The van der Waals surface area contributed by atoms with Gasteiger partial charge in [0.25, 0.3) is 0 Å². The molecule has 1 aliphatic rings. The Morgan fingerprint density at radius 3 is 2.62 bits per heavy atom. The van der Waals surface area contributed by atoms with Gasteiger partial charge in [-0.15, -0.1) is 32.9 Å². The van der Waals surface area contributed by atoms with E-state index in [4.69, 9.17) is 4.98 Å². The minimum atomic E-state index is -2.69. The van der Waals surface area contributed by atoms with Gasteiger partial charge in [-0.25, -0.2) is 13.4 Å². The van der Waals surface area contributed by atoms with E-state index in [1.165, 1.54) is 10.4 Å². The van der Waals surface area contributed by atoms with Crippen molar-refractivity contribution in [2.75, 3.05) is 10.0 Å². The van der Waals surface area contributed by atoms with Gasteiger partial charge in [0.2, 0.25) is 16.0 Å². The lowest BCUT2D eigenvalue weighted by atomic mass is 9.95. The largest absolute Gasteiger partial charge is 0.351 e. The molecule has 6 rings (SSSR count). The van der Waals surface area contributed by atoms with E-state index >= 15 is 0 Å². The fraction of sp³-hybridized carbons (Fsp3) is 0.179. The lowest BCUT2D eigenvalue weighted by molar-refractivity contribution is 0.619. The minimum Gasteiger partial charge on any atom is -0.351 e. The molecule has 0 aliphatic heterocycles. The quantitative estimate of drug-likeness (QED) is 0.200. The van der Waals surface area contributed by atoms with Gasteiger partial charge in [-0.1, -0.05) is 66.0 Å². The van der Waals surface area contributed by atoms with E-state index in [-0.39, 0.29) is 6.04 Å². The molecule has 5 aromatic rings. The second kappa shape index (κ2) is 11.8. The molecule has 2 N–H and O–H groups in total. The van der Waals surface area contributed by atoms with Crippen LogP contribution in [0.15, 0.2) is 71.4 Å². The molecule has 3 aromatic heterocycles. The van der Waals surface area contributed by atoms with Gasteiger partial charge in [-0.05, 0) is 58.3 Å². The van der Waals surface area contributed by atoms with Crippen LogP contribution in [0.3, 0.4) is 0 Å². The molecule has 3 heterocycles. The zero-order valence-electron chi connectivity index (χ0n) is 20.7. The first-order valence-corrected chi connectivity index (χ1v) is 16.2. The average Bonchev–Trinajstić information content (AvgIpc) is 3.71. The molecule has 2 aromatic carbocycles. The number of hydrogen-bond donors (Lipinski definition) is 3. The molecule has 0 amide bonds. The predicted molar refractivity (Wildman–Crippen MR) is 162 cm³/mol. The van der Waals surface area contributed by atoms with Crippen LogP contribution in [0.4, 0.5) is 10.8 Å². The van der Waals surface area contributed by atoms with Crippen LogP contribution in [-0.4, -0.2) is 23.6 Å². The highest BCUT2D eigenvalue weighted by molar-refractivity contribution is 7.73. The van der Waals surface area contributed by atoms with Crippen molar-refractivity contribution in [3.63, 3.8) is 0 Å². The highest BCUT2D eigenvalue weighted by atomic mass is 32.2.